The topological polar surface area (TPSA) is 77.2 Å². The molecule has 0 spiro atoms. The highest BCUT2D eigenvalue weighted by Gasteiger charge is 2.17. The van der Waals surface area contributed by atoms with Crippen LogP contribution in [0.4, 0.5) is 0 Å². The second-order valence-electron chi connectivity index (χ2n) is 4.92. The summed E-state index contributed by atoms with van der Waals surface area (Å²) in [6, 6.07) is 5.06. The van der Waals surface area contributed by atoms with E-state index in [1.807, 2.05) is 14.1 Å². The van der Waals surface area contributed by atoms with Crippen LogP contribution in [-0.2, 0) is 13.1 Å². The third kappa shape index (κ3) is 2.65. The van der Waals surface area contributed by atoms with Crippen LogP contribution < -0.4 is 16.2 Å². The van der Waals surface area contributed by atoms with Gasteiger partial charge in [-0.2, -0.15) is 0 Å². The average Bonchev–Trinajstić information content (AvgIpc) is 2.78. The number of aromatic hydroxyl groups is 1. The fourth-order valence-electron chi connectivity index (χ4n) is 2.69. The van der Waals surface area contributed by atoms with Gasteiger partial charge >= 0.3 is 0 Å². The van der Waals surface area contributed by atoms with Crippen LogP contribution in [0.15, 0.2) is 23.0 Å². The number of nitrogens with one attached hydrogen (secondary N) is 3. The normalized spacial score (nSPS) is 11.0. The Labute approximate surface area is 142 Å². The number of hydrogen-bond acceptors (Lipinski definition) is 5. The first-order valence-corrected chi connectivity index (χ1v) is 7.56. The lowest BCUT2D eigenvalue weighted by atomic mass is 10.0. The number of rotatable bonds is 4. The van der Waals surface area contributed by atoms with Gasteiger partial charge in [0.15, 0.2) is 0 Å². The lowest BCUT2D eigenvalue weighted by Crippen LogP contribution is -2.11. The molecule has 4 N–H and O–H groups in total. The van der Waals surface area contributed by atoms with Gasteiger partial charge in [-0.25, -0.2) is 0 Å². The third-order valence-corrected chi connectivity index (χ3v) is 4.69. The number of pyridine rings is 1. The van der Waals surface area contributed by atoms with Gasteiger partial charge in [-0.1, -0.05) is 6.07 Å². The minimum atomic E-state index is -0.165. The second-order valence-corrected chi connectivity index (χ2v) is 6.03. The van der Waals surface area contributed by atoms with Gasteiger partial charge in [-0.3, -0.25) is 4.79 Å². The van der Waals surface area contributed by atoms with Gasteiger partial charge in [0.1, 0.15) is 10.6 Å². The Morgan fingerprint density at radius 2 is 1.91 bits per heavy atom. The number of hydrogen-bond donors (Lipinski definition) is 4. The van der Waals surface area contributed by atoms with Crippen LogP contribution in [0.3, 0.4) is 0 Å². The zero-order valence-corrected chi connectivity index (χ0v) is 14.8. The van der Waals surface area contributed by atoms with Crippen molar-refractivity contribution in [1.29, 1.82) is 0 Å². The Hall–Kier alpha value is -1.41. The predicted octanol–water partition coefficient (Wildman–Crippen LogP) is 2.47. The zero-order valence-electron chi connectivity index (χ0n) is 12.3. The molecule has 118 valence electrons. The Bertz CT molecular complexity index is 872. The minimum Gasteiger partial charge on any atom is -0.507 e. The van der Waals surface area contributed by atoms with Crippen LogP contribution >= 0.6 is 28.3 Å². The van der Waals surface area contributed by atoms with Gasteiger partial charge in [0.2, 0.25) is 0 Å². The van der Waals surface area contributed by atoms with Crippen LogP contribution in [-0.4, -0.2) is 24.2 Å². The zero-order chi connectivity index (χ0) is 15.0. The fourth-order valence-corrected chi connectivity index (χ4v) is 3.93. The van der Waals surface area contributed by atoms with E-state index in [1.54, 1.807) is 29.5 Å². The molecule has 2 heterocycles. The van der Waals surface area contributed by atoms with E-state index in [4.69, 9.17) is 0 Å². The van der Waals surface area contributed by atoms with Crippen molar-refractivity contribution in [2.45, 2.75) is 13.1 Å². The van der Waals surface area contributed by atoms with E-state index in [-0.39, 0.29) is 28.3 Å². The van der Waals surface area contributed by atoms with E-state index in [9.17, 15) is 9.90 Å². The van der Waals surface area contributed by atoms with Crippen molar-refractivity contribution in [3.8, 4) is 5.75 Å². The summed E-state index contributed by atoms with van der Waals surface area (Å²) >= 11 is 1.56. The second kappa shape index (κ2) is 6.78. The predicted molar refractivity (Wildman–Crippen MR) is 97.5 cm³/mol. The first kappa shape index (κ1) is 17.0. The number of fused-ring (bicyclic) bond motifs is 3. The number of phenols is 1. The number of halogens is 1. The van der Waals surface area contributed by atoms with Crippen LogP contribution in [0.25, 0.3) is 21.0 Å². The Morgan fingerprint density at radius 3 is 2.59 bits per heavy atom. The molecule has 0 aliphatic heterocycles. The van der Waals surface area contributed by atoms with Crippen molar-refractivity contribution in [2.24, 2.45) is 0 Å². The summed E-state index contributed by atoms with van der Waals surface area (Å²) in [6.45, 7) is 1.42. The molecule has 0 saturated carbocycles. The molecule has 7 heteroatoms. The minimum absolute atomic E-state index is 0. The average molecular weight is 384 g/mol. The van der Waals surface area contributed by atoms with E-state index >= 15 is 0 Å². The van der Waals surface area contributed by atoms with Crippen molar-refractivity contribution >= 4 is 49.3 Å². The molecule has 2 aromatic heterocycles. The molecule has 0 amide bonds. The number of aromatic nitrogens is 1. The molecule has 0 aliphatic rings. The molecule has 5 nitrogen and oxygen atoms in total. The summed E-state index contributed by atoms with van der Waals surface area (Å²) in [6.07, 6.45) is 0. The molecular formula is C15H18BrN3O2S. The smallest absolute Gasteiger partial charge is 0.257 e. The number of thiophene rings is 1. The van der Waals surface area contributed by atoms with Crippen LogP contribution in [0.2, 0.25) is 0 Å². The first-order valence-electron chi connectivity index (χ1n) is 6.74. The Balaban J connectivity index is 0.00000176. The maximum atomic E-state index is 12.2. The van der Waals surface area contributed by atoms with Gasteiger partial charge < -0.3 is 20.7 Å². The lowest BCUT2D eigenvalue weighted by Gasteiger charge is -2.06. The summed E-state index contributed by atoms with van der Waals surface area (Å²) < 4.78 is 0. The van der Waals surface area contributed by atoms with Gasteiger partial charge in [0, 0.05) is 28.7 Å². The van der Waals surface area contributed by atoms with Gasteiger partial charge in [0.05, 0.1) is 5.39 Å². The van der Waals surface area contributed by atoms with E-state index in [0.29, 0.717) is 17.3 Å². The van der Waals surface area contributed by atoms with E-state index in [0.717, 1.165) is 27.2 Å². The molecule has 3 aromatic rings. The summed E-state index contributed by atoms with van der Waals surface area (Å²) in [5, 5.41) is 18.7. The summed E-state index contributed by atoms with van der Waals surface area (Å²) in [7, 11) is 3.78. The van der Waals surface area contributed by atoms with Crippen molar-refractivity contribution in [1.82, 2.24) is 15.6 Å². The molecule has 0 aliphatic carbocycles. The van der Waals surface area contributed by atoms with Gasteiger partial charge in [0.25, 0.3) is 5.56 Å². The van der Waals surface area contributed by atoms with E-state index in [2.05, 4.69) is 15.6 Å². The molecule has 22 heavy (non-hydrogen) atoms. The summed E-state index contributed by atoms with van der Waals surface area (Å²) in [5.74, 6) is 0.148. The molecule has 0 atom stereocenters. The number of H-pyrrole nitrogens is 1. The number of phenolic OH excluding ortho intramolecular Hbond substituents is 1. The SMILES string of the molecule is Br.CNCc1sc2[nH]c(=O)c3cccc(O)c3c2c1CNC. The highest BCUT2D eigenvalue weighted by Crippen LogP contribution is 2.37. The van der Waals surface area contributed by atoms with Gasteiger partial charge in [-0.15, -0.1) is 28.3 Å². The summed E-state index contributed by atoms with van der Waals surface area (Å²) in [4.78, 5) is 17.1. The number of benzene rings is 1. The van der Waals surface area contributed by atoms with Crippen LogP contribution in [0.1, 0.15) is 10.4 Å². The van der Waals surface area contributed by atoms with E-state index in [1.165, 1.54) is 0 Å². The molecular weight excluding hydrogens is 366 g/mol. The molecule has 0 unspecified atom stereocenters. The molecule has 0 saturated heterocycles. The lowest BCUT2D eigenvalue weighted by molar-refractivity contribution is 0.482. The van der Waals surface area contributed by atoms with Crippen LogP contribution in [0, 0.1) is 0 Å². The largest absolute Gasteiger partial charge is 0.507 e. The maximum Gasteiger partial charge on any atom is 0.257 e. The van der Waals surface area contributed by atoms with Gasteiger partial charge in [-0.05, 0) is 31.8 Å². The van der Waals surface area contributed by atoms with E-state index < -0.39 is 0 Å². The van der Waals surface area contributed by atoms with Crippen LogP contribution in [0.5, 0.6) is 5.75 Å². The quantitative estimate of drug-likeness (QED) is 0.558. The monoisotopic (exact) mass is 383 g/mol. The first-order chi connectivity index (χ1) is 10.2. The van der Waals surface area contributed by atoms with Crippen molar-refractivity contribution in [3.05, 3.63) is 39.0 Å². The third-order valence-electron chi connectivity index (χ3n) is 3.55. The molecule has 0 radical (unpaired) electrons. The van der Waals surface area contributed by atoms with Crippen molar-refractivity contribution in [2.75, 3.05) is 14.1 Å². The standard InChI is InChI=1S/C15H17N3O2S.BrH/c1-16-6-9-11(7-17-2)21-15-13(9)12-8(14(20)18-15)4-3-5-10(12)19;/h3-5,16-17,19H,6-7H2,1-2H3,(H,18,20);1H. The molecule has 3 rings (SSSR count). The molecule has 0 fully saturated rings. The number of aromatic amines is 1. The molecule has 0 bridgehead atoms. The van der Waals surface area contributed by atoms with Crippen molar-refractivity contribution < 1.29 is 5.11 Å². The Morgan fingerprint density at radius 1 is 1.18 bits per heavy atom. The van der Waals surface area contributed by atoms with Crippen molar-refractivity contribution in [3.63, 3.8) is 0 Å². The Kier molecular flexibility index (Phi) is 5.23. The highest BCUT2D eigenvalue weighted by molar-refractivity contribution is 8.93. The fraction of sp³-hybridized carbons (Fsp3) is 0.267. The molecule has 1 aromatic carbocycles. The summed E-state index contributed by atoms with van der Waals surface area (Å²) in [5.41, 5.74) is 0.955. The maximum absolute atomic E-state index is 12.2. The highest BCUT2D eigenvalue weighted by atomic mass is 79.9.